The zero-order valence-electron chi connectivity index (χ0n) is 17.1. The third-order valence-corrected chi connectivity index (χ3v) is 6.31. The van der Waals surface area contributed by atoms with Crippen LogP contribution in [0.2, 0.25) is 0 Å². The number of aryl methyl sites for hydroxylation is 1. The van der Waals surface area contributed by atoms with Crippen LogP contribution in [0, 0.1) is 11.8 Å². The summed E-state index contributed by atoms with van der Waals surface area (Å²) < 4.78 is 18.2. The molecule has 5 nitrogen and oxygen atoms in total. The molecule has 2 heterocycles. The number of benzene rings is 2. The number of rotatable bonds is 5. The van der Waals surface area contributed by atoms with Gasteiger partial charge in [-0.2, -0.15) is 0 Å². The maximum absolute atomic E-state index is 12.1. The fourth-order valence-corrected chi connectivity index (χ4v) is 4.68. The number of ether oxygens (including phenoxy) is 3. The van der Waals surface area contributed by atoms with Crippen LogP contribution in [0.15, 0.2) is 48.5 Å². The molecule has 154 valence electrons. The molecule has 2 aromatic rings. The van der Waals surface area contributed by atoms with E-state index in [2.05, 4.69) is 12.1 Å². The first-order valence-electron chi connectivity index (χ1n) is 10.2. The van der Waals surface area contributed by atoms with Crippen molar-refractivity contribution in [1.82, 2.24) is 0 Å². The van der Waals surface area contributed by atoms with Crippen LogP contribution in [0.1, 0.15) is 43.9 Å². The lowest BCUT2D eigenvalue weighted by Crippen LogP contribution is -2.52. The molecule has 1 saturated heterocycles. The van der Waals surface area contributed by atoms with E-state index >= 15 is 0 Å². The van der Waals surface area contributed by atoms with Gasteiger partial charge in [0, 0.05) is 11.5 Å². The molecule has 4 rings (SSSR count). The van der Waals surface area contributed by atoms with E-state index in [1.54, 1.807) is 7.11 Å². The molecule has 0 aliphatic carbocycles. The minimum atomic E-state index is -0.797. The van der Waals surface area contributed by atoms with Gasteiger partial charge in [0.2, 0.25) is 0 Å². The summed E-state index contributed by atoms with van der Waals surface area (Å²) >= 11 is 0. The van der Waals surface area contributed by atoms with Gasteiger partial charge in [0.1, 0.15) is 17.1 Å². The van der Waals surface area contributed by atoms with Crippen molar-refractivity contribution in [3.8, 4) is 11.5 Å². The predicted octanol–water partition coefficient (Wildman–Crippen LogP) is 4.65. The smallest absolute Gasteiger partial charge is 0.309 e. The Labute approximate surface area is 171 Å². The Morgan fingerprint density at radius 1 is 1.21 bits per heavy atom. The summed E-state index contributed by atoms with van der Waals surface area (Å²) in [5.74, 6) is 0.142. The van der Waals surface area contributed by atoms with Crippen molar-refractivity contribution < 1.29 is 24.1 Å². The van der Waals surface area contributed by atoms with Crippen LogP contribution in [0.25, 0.3) is 0 Å². The van der Waals surface area contributed by atoms with Gasteiger partial charge in [-0.15, -0.1) is 0 Å². The van der Waals surface area contributed by atoms with Crippen molar-refractivity contribution in [3.05, 3.63) is 59.7 Å². The first-order chi connectivity index (χ1) is 13.9. The molecule has 0 unspecified atom stereocenters. The number of methoxy groups -OCH3 is 1. The van der Waals surface area contributed by atoms with Crippen LogP contribution >= 0.6 is 0 Å². The second kappa shape index (κ2) is 7.71. The first-order valence-corrected chi connectivity index (χ1v) is 10.2. The summed E-state index contributed by atoms with van der Waals surface area (Å²) in [5.41, 5.74) is 1.63. The zero-order valence-corrected chi connectivity index (χ0v) is 17.1. The van der Waals surface area contributed by atoms with Gasteiger partial charge >= 0.3 is 5.97 Å². The molecule has 0 amide bonds. The van der Waals surface area contributed by atoms with Crippen LogP contribution in [-0.4, -0.2) is 29.9 Å². The van der Waals surface area contributed by atoms with Crippen molar-refractivity contribution in [1.29, 1.82) is 0 Å². The van der Waals surface area contributed by atoms with E-state index in [0.717, 1.165) is 23.5 Å². The Hall–Kier alpha value is -2.53. The van der Waals surface area contributed by atoms with E-state index < -0.39 is 17.5 Å². The monoisotopic (exact) mass is 396 g/mol. The van der Waals surface area contributed by atoms with Gasteiger partial charge in [0.05, 0.1) is 25.2 Å². The summed E-state index contributed by atoms with van der Waals surface area (Å²) in [6, 6.07) is 15.9. The first kappa shape index (κ1) is 19.8. The van der Waals surface area contributed by atoms with Crippen molar-refractivity contribution in [2.24, 2.45) is 11.8 Å². The fourth-order valence-electron chi connectivity index (χ4n) is 4.68. The molecule has 2 aromatic carbocycles. The number of carboxylic acids is 1. The molecular weight excluding hydrogens is 368 g/mol. The van der Waals surface area contributed by atoms with Crippen LogP contribution in [0.3, 0.4) is 0 Å². The van der Waals surface area contributed by atoms with E-state index in [1.165, 1.54) is 5.56 Å². The van der Waals surface area contributed by atoms with E-state index in [0.29, 0.717) is 12.8 Å². The van der Waals surface area contributed by atoms with Crippen LogP contribution in [-0.2, 0) is 16.0 Å². The molecule has 2 aliphatic rings. The maximum atomic E-state index is 12.1. The standard InChI is InChI=1S/C24H28O5/c1-24(2)19-14-18(23(25)26)20(11-9-15-7-5-4-6-8-15)28-22(19)17-13-16(27-3)10-12-21(17)29-24/h4-8,10,12-13,18-20,22H,9,11,14H2,1-3H3,(H,25,26)/t18-,19+,20+,22-/m1/s1. The van der Waals surface area contributed by atoms with Gasteiger partial charge in [-0.05, 0) is 56.9 Å². The Bertz CT molecular complexity index is 876. The average molecular weight is 396 g/mol. The molecule has 29 heavy (non-hydrogen) atoms. The van der Waals surface area contributed by atoms with E-state index in [1.807, 2.05) is 50.2 Å². The molecule has 0 spiro atoms. The number of hydrogen-bond donors (Lipinski definition) is 1. The summed E-state index contributed by atoms with van der Waals surface area (Å²) in [6.45, 7) is 4.04. The SMILES string of the molecule is COc1ccc2c(c1)[C@H]1O[C@@H](CCc3ccccc3)[C@H](C(=O)O)C[C@@H]1C(C)(C)O2. The molecule has 0 saturated carbocycles. The third kappa shape index (κ3) is 3.84. The number of hydrogen-bond acceptors (Lipinski definition) is 4. The largest absolute Gasteiger partial charge is 0.497 e. The highest BCUT2D eigenvalue weighted by Gasteiger charge is 2.52. The topological polar surface area (TPSA) is 65.0 Å². The average Bonchev–Trinajstić information content (AvgIpc) is 2.72. The highest BCUT2D eigenvalue weighted by Crippen LogP contribution is 2.53. The lowest BCUT2D eigenvalue weighted by Gasteiger charge is -2.50. The molecule has 0 bridgehead atoms. The quantitative estimate of drug-likeness (QED) is 0.797. The van der Waals surface area contributed by atoms with Crippen LogP contribution < -0.4 is 9.47 Å². The van der Waals surface area contributed by atoms with E-state index in [-0.39, 0.29) is 18.1 Å². The fraction of sp³-hybridized carbons (Fsp3) is 0.458. The minimum absolute atomic E-state index is 0.0452. The maximum Gasteiger partial charge on any atom is 0.309 e. The number of aliphatic carboxylic acids is 1. The summed E-state index contributed by atoms with van der Waals surface area (Å²) in [4.78, 5) is 12.1. The summed E-state index contributed by atoms with van der Waals surface area (Å²) in [6.07, 6.45) is 1.44. The lowest BCUT2D eigenvalue weighted by atomic mass is 9.71. The highest BCUT2D eigenvalue weighted by molar-refractivity contribution is 5.71. The summed E-state index contributed by atoms with van der Waals surface area (Å²) in [7, 11) is 1.64. The van der Waals surface area contributed by atoms with Gasteiger partial charge in [-0.1, -0.05) is 30.3 Å². The third-order valence-electron chi connectivity index (χ3n) is 6.31. The molecule has 5 heteroatoms. The van der Waals surface area contributed by atoms with Crippen LogP contribution in [0.5, 0.6) is 11.5 Å². The van der Waals surface area contributed by atoms with Crippen molar-refractivity contribution >= 4 is 5.97 Å². The Morgan fingerprint density at radius 2 is 1.97 bits per heavy atom. The van der Waals surface area contributed by atoms with Crippen molar-refractivity contribution in [2.45, 2.75) is 50.9 Å². The molecule has 0 aromatic heterocycles. The highest BCUT2D eigenvalue weighted by atomic mass is 16.5. The zero-order chi connectivity index (χ0) is 20.6. The molecular formula is C24H28O5. The molecule has 2 aliphatic heterocycles. The van der Waals surface area contributed by atoms with Gasteiger partial charge in [0.25, 0.3) is 0 Å². The van der Waals surface area contributed by atoms with Gasteiger partial charge in [-0.3, -0.25) is 4.79 Å². The van der Waals surface area contributed by atoms with Gasteiger partial charge < -0.3 is 19.3 Å². The number of carbonyl (C=O) groups is 1. The Kier molecular flexibility index (Phi) is 5.26. The van der Waals surface area contributed by atoms with Crippen molar-refractivity contribution in [3.63, 3.8) is 0 Å². The van der Waals surface area contributed by atoms with Crippen molar-refractivity contribution in [2.75, 3.05) is 7.11 Å². The van der Waals surface area contributed by atoms with E-state index in [4.69, 9.17) is 14.2 Å². The second-order valence-corrected chi connectivity index (χ2v) is 8.52. The van der Waals surface area contributed by atoms with E-state index in [9.17, 15) is 9.90 Å². The normalized spacial score (nSPS) is 27.3. The minimum Gasteiger partial charge on any atom is -0.497 e. The van der Waals surface area contributed by atoms with Gasteiger partial charge in [0.15, 0.2) is 0 Å². The number of fused-ring (bicyclic) bond motifs is 3. The molecule has 4 atom stereocenters. The Balaban J connectivity index is 1.64. The molecule has 1 fully saturated rings. The summed E-state index contributed by atoms with van der Waals surface area (Å²) in [5, 5.41) is 9.90. The second-order valence-electron chi connectivity index (χ2n) is 8.52. The number of carboxylic acid groups (broad SMARTS) is 1. The lowest BCUT2D eigenvalue weighted by molar-refractivity contribution is -0.188. The van der Waals surface area contributed by atoms with Crippen LogP contribution in [0.4, 0.5) is 0 Å². The van der Waals surface area contributed by atoms with Gasteiger partial charge in [-0.25, -0.2) is 0 Å². The molecule has 1 N–H and O–H groups in total. The predicted molar refractivity (Wildman–Crippen MR) is 109 cm³/mol. The molecule has 0 radical (unpaired) electrons. The Morgan fingerprint density at radius 3 is 2.66 bits per heavy atom.